The van der Waals surface area contributed by atoms with Gasteiger partial charge in [-0.3, -0.25) is 0 Å². The van der Waals surface area contributed by atoms with Crippen LogP contribution >= 0.6 is 0 Å². The number of carbonyl (C=O) groups is 3. The molecule has 0 atom stereocenters. The summed E-state index contributed by atoms with van der Waals surface area (Å²) in [4.78, 5) is 33.5. The van der Waals surface area contributed by atoms with Crippen LogP contribution in [0, 0.1) is 6.42 Å². The molecule has 0 aliphatic rings. The Hall–Kier alpha value is -0.720. The van der Waals surface area contributed by atoms with Gasteiger partial charge in [0.15, 0.2) is 0 Å². The maximum Gasteiger partial charge on any atom is 1.00 e. The molecule has 0 bridgehead atoms. The normalized spacial score (nSPS) is 9.19. The Labute approximate surface area is 116 Å². The minimum absolute atomic E-state index is 0. The van der Waals surface area contributed by atoms with Crippen molar-refractivity contribution in [3.63, 3.8) is 0 Å². The monoisotopic (exact) mass is 239 g/mol. The number of hydrogen-bond acceptors (Lipinski definition) is 3. The Bertz CT molecular complexity index is 255. The molecule has 0 radical (unpaired) electrons. The Morgan fingerprint density at radius 1 is 1.19 bits per heavy atom. The van der Waals surface area contributed by atoms with Gasteiger partial charge in [0.2, 0.25) is 6.04 Å². The van der Waals surface area contributed by atoms with Crippen molar-refractivity contribution in [3.8, 4) is 0 Å². The van der Waals surface area contributed by atoms with Crippen molar-refractivity contribution in [2.75, 3.05) is 6.54 Å². The van der Waals surface area contributed by atoms with Gasteiger partial charge in [-0.15, -0.1) is 0 Å². The SMILES string of the molecule is CC[CH-]C(=O)N(CC)C(C(=O)O)C(=O)O.[Na+]. The number of carboxylic acids is 2. The Morgan fingerprint density at radius 3 is 1.88 bits per heavy atom. The van der Waals surface area contributed by atoms with Crippen molar-refractivity contribution in [1.29, 1.82) is 0 Å². The van der Waals surface area contributed by atoms with Crippen molar-refractivity contribution < 1.29 is 54.2 Å². The zero-order valence-corrected chi connectivity index (χ0v) is 11.6. The molecule has 0 spiro atoms. The summed E-state index contributed by atoms with van der Waals surface area (Å²) in [6.07, 6.45) is 1.68. The largest absolute Gasteiger partial charge is 1.00 e. The fourth-order valence-electron chi connectivity index (χ4n) is 1.13. The molecular formula is C9H14NNaO5. The number of carboxylic acid groups (broad SMARTS) is 2. The number of rotatable bonds is 6. The molecule has 0 saturated carbocycles. The van der Waals surface area contributed by atoms with Crippen molar-refractivity contribution >= 4 is 17.8 Å². The van der Waals surface area contributed by atoms with Gasteiger partial charge in [0.25, 0.3) is 0 Å². The summed E-state index contributed by atoms with van der Waals surface area (Å²) in [5.41, 5.74) is 0. The van der Waals surface area contributed by atoms with E-state index >= 15 is 0 Å². The molecule has 0 aromatic carbocycles. The van der Waals surface area contributed by atoms with Crippen LogP contribution in [0.25, 0.3) is 0 Å². The summed E-state index contributed by atoms with van der Waals surface area (Å²) in [6, 6.07) is -1.81. The van der Waals surface area contributed by atoms with Crippen LogP contribution in [0.15, 0.2) is 0 Å². The summed E-state index contributed by atoms with van der Waals surface area (Å²) in [7, 11) is 0. The third-order valence-corrected chi connectivity index (χ3v) is 1.78. The zero-order valence-electron chi connectivity index (χ0n) is 9.64. The summed E-state index contributed by atoms with van der Waals surface area (Å²) in [5, 5.41) is 17.3. The van der Waals surface area contributed by atoms with Crippen molar-refractivity contribution in [2.24, 2.45) is 0 Å². The third kappa shape index (κ3) is 4.87. The molecule has 0 saturated heterocycles. The predicted octanol–water partition coefficient (Wildman–Crippen LogP) is -3.01. The number of nitrogens with zero attached hydrogens (tertiary/aromatic N) is 1. The molecule has 0 aromatic heterocycles. The quantitative estimate of drug-likeness (QED) is 0.292. The van der Waals surface area contributed by atoms with Crippen molar-refractivity contribution in [1.82, 2.24) is 4.90 Å². The number of likely N-dealkylation sites (N-methyl/N-ethyl adjacent to an activating group) is 1. The molecule has 0 aliphatic carbocycles. The van der Waals surface area contributed by atoms with E-state index in [2.05, 4.69) is 0 Å². The first-order chi connectivity index (χ1) is 6.95. The van der Waals surface area contributed by atoms with Crippen LogP contribution < -0.4 is 29.6 Å². The second kappa shape index (κ2) is 8.43. The maximum atomic E-state index is 11.4. The second-order valence-electron chi connectivity index (χ2n) is 2.82. The Kier molecular flexibility index (Phi) is 9.31. The second-order valence-corrected chi connectivity index (χ2v) is 2.82. The molecule has 16 heavy (non-hydrogen) atoms. The summed E-state index contributed by atoms with van der Waals surface area (Å²) < 4.78 is 0. The van der Waals surface area contributed by atoms with Gasteiger partial charge in [-0.1, -0.05) is 6.92 Å². The smallest absolute Gasteiger partial charge is 0.479 e. The van der Waals surface area contributed by atoms with Gasteiger partial charge in [-0.25, -0.2) is 9.59 Å². The van der Waals surface area contributed by atoms with Crippen molar-refractivity contribution in [2.45, 2.75) is 26.3 Å². The maximum absolute atomic E-state index is 11.4. The molecule has 0 aromatic rings. The third-order valence-electron chi connectivity index (χ3n) is 1.78. The van der Waals surface area contributed by atoms with Gasteiger partial charge in [0.05, 0.1) is 5.91 Å². The Morgan fingerprint density at radius 2 is 1.62 bits per heavy atom. The van der Waals surface area contributed by atoms with E-state index in [0.717, 1.165) is 4.90 Å². The topological polar surface area (TPSA) is 94.9 Å². The molecule has 7 heteroatoms. The molecule has 6 nitrogen and oxygen atoms in total. The van der Waals surface area contributed by atoms with Gasteiger partial charge in [-0.2, -0.15) is 6.42 Å². The van der Waals surface area contributed by atoms with Gasteiger partial charge in [0, 0.05) is 6.54 Å². The summed E-state index contributed by atoms with van der Waals surface area (Å²) in [6.45, 7) is 3.28. The Balaban J connectivity index is 0. The molecule has 0 rings (SSSR count). The summed E-state index contributed by atoms with van der Waals surface area (Å²) in [5.74, 6) is -3.65. The first-order valence-electron chi connectivity index (χ1n) is 4.55. The van der Waals surface area contributed by atoms with E-state index in [9.17, 15) is 14.4 Å². The number of aliphatic carboxylic acids is 2. The molecule has 86 valence electrons. The minimum atomic E-state index is -1.81. The van der Waals surface area contributed by atoms with E-state index in [1.807, 2.05) is 0 Å². The van der Waals surface area contributed by atoms with Crippen LogP contribution in [0.2, 0.25) is 0 Å². The molecule has 0 heterocycles. The fraction of sp³-hybridized carbons (Fsp3) is 0.556. The fourth-order valence-corrected chi connectivity index (χ4v) is 1.13. The molecule has 2 N–H and O–H groups in total. The van der Waals surface area contributed by atoms with E-state index in [1.54, 1.807) is 6.92 Å². The van der Waals surface area contributed by atoms with Gasteiger partial charge < -0.3 is 26.3 Å². The molecule has 0 unspecified atom stereocenters. The van der Waals surface area contributed by atoms with E-state index in [-0.39, 0.29) is 36.1 Å². The number of hydrogen-bond donors (Lipinski definition) is 2. The molecule has 0 fully saturated rings. The van der Waals surface area contributed by atoms with Crippen LogP contribution in [0.1, 0.15) is 20.3 Å². The predicted molar refractivity (Wildman–Crippen MR) is 51.0 cm³/mol. The molecular weight excluding hydrogens is 225 g/mol. The first kappa shape index (κ1) is 17.7. The number of amides is 1. The minimum Gasteiger partial charge on any atom is -0.479 e. The van der Waals surface area contributed by atoms with Crippen LogP contribution in [0.4, 0.5) is 0 Å². The average Bonchev–Trinajstić information content (AvgIpc) is 2.12. The molecule has 1 amide bonds. The summed E-state index contributed by atoms with van der Waals surface area (Å²) >= 11 is 0. The van der Waals surface area contributed by atoms with Gasteiger partial charge in [-0.05, 0) is 6.92 Å². The van der Waals surface area contributed by atoms with E-state index in [0.29, 0.717) is 6.42 Å². The first-order valence-corrected chi connectivity index (χ1v) is 4.55. The van der Waals surface area contributed by atoms with Crippen molar-refractivity contribution in [3.05, 3.63) is 6.42 Å². The van der Waals surface area contributed by atoms with E-state index in [4.69, 9.17) is 10.2 Å². The van der Waals surface area contributed by atoms with Gasteiger partial charge >= 0.3 is 41.5 Å². The zero-order chi connectivity index (χ0) is 12.0. The average molecular weight is 239 g/mol. The van der Waals surface area contributed by atoms with Crippen LogP contribution in [-0.2, 0) is 14.4 Å². The number of carbonyl (C=O) groups excluding carboxylic acids is 1. The molecule has 0 aliphatic heterocycles. The van der Waals surface area contributed by atoms with E-state index in [1.165, 1.54) is 13.3 Å². The van der Waals surface area contributed by atoms with Crippen LogP contribution in [-0.4, -0.2) is 45.5 Å². The van der Waals surface area contributed by atoms with Crippen LogP contribution in [0.3, 0.4) is 0 Å². The van der Waals surface area contributed by atoms with E-state index < -0.39 is 23.9 Å². The van der Waals surface area contributed by atoms with Crippen LogP contribution in [0.5, 0.6) is 0 Å². The standard InChI is InChI=1S/C9H14NO5.Na/c1-3-5-6(11)10(4-2)7(8(12)13)9(14)15;/h5,7H,3-4H2,1-2H3,(H,12,13)(H,14,15);/q-1;+1. The van der Waals surface area contributed by atoms with Gasteiger partial charge in [0.1, 0.15) is 0 Å².